The van der Waals surface area contributed by atoms with E-state index < -0.39 is 56.2 Å². The van der Waals surface area contributed by atoms with Gasteiger partial charge < -0.3 is 10.4 Å². The van der Waals surface area contributed by atoms with Crippen LogP contribution in [-0.2, 0) is 14.8 Å². The Balaban J connectivity index is 2.36. The normalized spacial score (nSPS) is 13.0. The first-order valence-corrected chi connectivity index (χ1v) is 9.39. The summed E-state index contributed by atoms with van der Waals surface area (Å²) in [5.74, 6) is -5.74. The zero-order valence-electron chi connectivity index (χ0n) is 14.9. The lowest BCUT2D eigenvalue weighted by Crippen LogP contribution is -2.50. The molecule has 0 radical (unpaired) electrons. The Morgan fingerprint density at radius 3 is 2.20 bits per heavy atom. The number of anilines is 1. The smallest absolute Gasteiger partial charge is 0.415 e. The molecule has 0 fully saturated rings. The number of carbonyl (C=O) groups is 2. The van der Waals surface area contributed by atoms with Gasteiger partial charge in [0.25, 0.3) is 5.91 Å². The van der Waals surface area contributed by atoms with Crippen molar-refractivity contribution in [2.75, 3.05) is 5.32 Å². The molecule has 0 spiro atoms. The maximum atomic E-state index is 14.0. The number of hydrogen-bond donors (Lipinski definition) is 3. The van der Waals surface area contributed by atoms with Crippen LogP contribution in [0.1, 0.15) is 15.9 Å². The zero-order valence-corrected chi connectivity index (χ0v) is 15.7. The van der Waals surface area contributed by atoms with E-state index in [0.29, 0.717) is 12.1 Å². The van der Waals surface area contributed by atoms with Crippen molar-refractivity contribution in [1.29, 1.82) is 0 Å². The zero-order chi connectivity index (χ0) is 22.9. The van der Waals surface area contributed by atoms with Crippen LogP contribution in [0, 0.1) is 18.6 Å². The third kappa shape index (κ3) is 5.30. The van der Waals surface area contributed by atoms with Gasteiger partial charge in [-0.05, 0) is 42.8 Å². The van der Waals surface area contributed by atoms with E-state index in [1.54, 1.807) is 0 Å². The van der Waals surface area contributed by atoms with Gasteiger partial charge in [0.2, 0.25) is 16.1 Å². The van der Waals surface area contributed by atoms with E-state index in [2.05, 4.69) is 5.32 Å². The number of carbonyl (C=O) groups excluding carboxylic acids is 1. The molecule has 0 aliphatic carbocycles. The summed E-state index contributed by atoms with van der Waals surface area (Å²) in [7, 11) is -5.33. The average Bonchev–Trinajstić information content (AvgIpc) is 2.62. The van der Waals surface area contributed by atoms with Gasteiger partial charge in [-0.25, -0.2) is 17.2 Å². The number of benzene rings is 2. The van der Waals surface area contributed by atoms with E-state index >= 15 is 0 Å². The van der Waals surface area contributed by atoms with E-state index in [9.17, 15) is 40.0 Å². The van der Waals surface area contributed by atoms with Gasteiger partial charge in [-0.15, -0.1) is 0 Å². The molecule has 30 heavy (non-hydrogen) atoms. The van der Waals surface area contributed by atoms with Crippen LogP contribution in [0.4, 0.5) is 27.6 Å². The number of halogens is 5. The highest BCUT2D eigenvalue weighted by Crippen LogP contribution is 2.24. The van der Waals surface area contributed by atoms with Gasteiger partial charge in [0.15, 0.2) is 0 Å². The lowest BCUT2D eigenvalue weighted by atomic mass is 10.2. The molecule has 0 aromatic heterocycles. The van der Waals surface area contributed by atoms with Crippen LogP contribution < -0.4 is 10.0 Å². The molecule has 7 nitrogen and oxygen atoms in total. The Labute approximate surface area is 166 Å². The number of sulfonamides is 1. The van der Waals surface area contributed by atoms with Crippen LogP contribution in [-0.4, -0.2) is 37.6 Å². The van der Waals surface area contributed by atoms with Crippen molar-refractivity contribution in [3.05, 3.63) is 59.2 Å². The molecule has 162 valence electrons. The van der Waals surface area contributed by atoms with Gasteiger partial charge in [-0.3, -0.25) is 9.59 Å². The molecule has 0 aliphatic heterocycles. The second-order valence-corrected chi connectivity index (χ2v) is 7.68. The van der Waals surface area contributed by atoms with Gasteiger partial charge >= 0.3 is 12.1 Å². The molecule has 2 rings (SSSR count). The summed E-state index contributed by atoms with van der Waals surface area (Å²) >= 11 is 0. The molecule has 2 aromatic carbocycles. The second kappa shape index (κ2) is 8.36. The number of rotatable bonds is 6. The average molecular weight is 452 g/mol. The molecule has 0 heterocycles. The third-order valence-corrected chi connectivity index (χ3v) is 5.20. The predicted molar refractivity (Wildman–Crippen MR) is 93.3 cm³/mol. The summed E-state index contributed by atoms with van der Waals surface area (Å²) < 4.78 is 90.8. The minimum Gasteiger partial charge on any atom is -0.480 e. The van der Waals surface area contributed by atoms with Crippen molar-refractivity contribution in [1.82, 2.24) is 4.72 Å². The van der Waals surface area contributed by atoms with Gasteiger partial charge in [0.1, 0.15) is 16.5 Å². The first kappa shape index (κ1) is 23.2. The summed E-state index contributed by atoms with van der Waals surface area (Å²) in [5, 5.41) is 10.8. The van der Waals surface area contributed by atoms with Gasteiger partial charge in [0.05, 0.1) is 0 Å². The van der Waals surface area contributed by atoms with E-state index in [4.69, 9.17) is 5.11 Å². The second-order valence-electron chi connectivity index (χ2n) is 6.00. The van der Waals surface area contributed by atoms with Crippen molar-refractivity contribution < 1.29 is 45.1 Å². The lowest BCUT2D eigenvalue weighted by Gasteiger charge is -2.18. The summed E-state index contributed by atoms with van der Waals surface area (Å²) in [6.07, 6.45) is -5.50. The summed E-state index contributed by atoms with van der Waals surface area (Å²) in [4.78, 5) is 21.6. The van der Waals surface area contributed by atoms with E-state index in [1.165, 1.54) is 19.1 Å². The minimum absolute atomic E-state index is 0.0158. The summed E-state index contributed by atoms with van der Waals surface area (Å²) in [6.45, 7) is 1.47. The molecule has 3 N–H and O–H groups in total. The van der Waals surface area contributed by atoms with Gasteiger partial charge in [-0.2, -0.15) is 17.9 Å². The number of nitrogens with one attached hydrogen (secondary N) is 2. The fraction of sp³-hybridized carbons (Fsp3) is 0.176. The molecule has 0 saturated heterocycles. The molecular formula is C17H13F5N2O5S. The highest BCUT2D eigenvalue weighted by atomic mass is 32.2. The van der Waals surface area contributed by atoms with Crippen LogP contribution in [0.15, 0.2) is 41.3 Å². The van der Waals surface area contributed by atoms with Crippen LogP contribution in [0.5, 0.6) is 0 Å². The monoisotopic (exact) mass is 452 g/mol. The van der Waals surface area contributed by atoms with Crippen molar-refractivity contribution in [3.8, 4) is 0 Å². The first-order chi connectivity index (χ1) is 13.7. The number of carboxylic acid groups (broad SMARTS) is 1. The Bertz CT molecular complexity index is 1100. The minimum atomic E-state index is -5.50. The topological polar surface area (TPSA) is 113 Å². The van der Waals surface area contributed by atoms with Gasteiger partial charge in [0, 0.05) is 11.3 Å². The predicted octanol–water partition coefficient (Wildman–Crippen LogP) is 2.82. The van der Waals surface area contributed by atoms with E-state index in [0.717, 1.165) is 16.9 Å². The SMILES string of the molecule is Cc1ccc(NC(=O)c2ccc(F)c(S(=O)(=O)N[C@H](C(=O)O)C(F)(F)F)c2)cc1F. The van der Waals surface area contributed by atoms with Crippen molar-refractivity contribution in [3.63, 3.8) is 0 Å². The number of carboxylic acids is 1. The number of hydrogen-bond acceptors (Lipinski definition) is 4. The molecule has 0 bridgehead atoms. The first-order valence-electron chi connectivity index (χ1n) is 7.91. The maximum Gasteiger partial charge on any atom is 0.415 e. The lowest BCUT2D eigenvalue weighted by molar-refractivity contribution is -0.177. The third-order valence-electron chi connectivity index (χ3n) is 3.76. The van der Waals surface area contributed by atoms with Crippen LogP contribution in [0.3, 0.4) is 0 Å². The Morgan fingerprint density at radius 1 is 1.03 bits per heavy atom. The largest absolute Gasteiger partial charge is 0.480 e. The molecule has 13 heteroatoms. The summed E-state index contributed by atoms with van der Waals surface area (Å²) in [5.41, 5.74) is -0.221. The van der Waals surface area contributed by atoms with Crippen molar-refractivity contribution in [2.24, 2.45) is 0 Å². The van der Waals surface area contributed by atoms with E-state index in [-0.39, 0.29) is 11.3 Å². The molecular weight excluding hydrogens is 439 g/mol. The van der Waals surface area contributed by atoms with Crippen molar-refractivity contribution in [2.45, 2.75) is 24.0 Å². The highest BCUT2D eigenvalue weighted by Gasteiger charge is 2.48. The Kier molecular flexibility index (Phi) is 6.47. The van der Waals surface area contributed by atoms with Crippen LogP contribution >= 0.6 is 0 Å². The maximum absolute atomic E-state index is 14.0. The van der Waals surface area contributed by atoms with Crippen LogP contribution in [0.25, 0.3) is 0 Å². The molecule has 0 aliphatic rings. The molecule has 1 amide bonds. The molecule has 0 unspecified atom stereocenters. The molecule has 1 atom stereocenters. The fourth-order valence-electron chi connectivity index (χ4n) is 2.20. The number of amides is 1. The fourth-order valence-corrected chi connectivity index (χ4v) is 3.48. The van der Waals surface area contributed by atoms with Gasteiger partial charge in [-0.1, -0.05) is 6.07 Å². The van der Waals surface area contributed by atoms with Crippen LogP contribution in [0.2, 0.25) is 0 Å². The number of aryl methyl sites for hydroxylation is 1. The Hall–Kier alpha value is -3.06. The highest BCUT2D eigenvalue weighted by molar-refractivity contribution is 7.89. The number of aliphatic carboxylic acids is 1. The quantitative estimate of drug-likeness (QED) is 0.584. The van der Waals surface area contributed by atoms with Crippen molar-refractivity contribution >= 4 is 27.6 Å². The Morgan fingerprint density at radius 2 is 1.67 bits per heavy atom. The summed E-state index contributed by atoms with van der Waals surface area (Å²) in [6, 6.07) is 1.88. The molecule has 0 saturated carbocycles. The van der Waals surface area contributed by atoms with E-state index in [1.807, 2.05) is 0 Å². The number of alkyl halides is 3. The molecule has 2 aromatic rings. The standard InChI is InChI=1S/C17H13F5N2O5S/c1-8-2-4-10(7-12(8)19)23-15(25)9-3-5-11(18)13(6-9)30(28,29)24-14(16(26)27)17(20,21)22/h2-7,14,24H,1H3,(H,23,25)(H,26,27)/t14-/m1/s1.